The number of ether oxygens (including phenoxy) is 1. The van der Waals surface area contributed by atoms with Crippen molar-refractivity contribution in [1.82, 2.24) is 10.2 Å². The Hall–Kier alpha value is -2.89. The summed E-state index contributed by atoms with van der Waals surface area (Å²) in [5, 5.41) is 3.07. The summed E-state index contributed by atoms with van der Waals surface area (Å²) in [6.45, 7) is 1.97. The third kappa shape index (κ3) is 5.59. The van der Waals surface area contributed by atoms with Gasteiger partial charge in [-0.25, -0.2) is 4.39 Å². The molecule has 2 amide bonds. The number of nitrogens with zero attached hydrogens (tertiary/aromatic N) is 1. The molecule has 0 unspecified atom stereocenters. The second-order valence-electron chi connectivity index (χ2n) is 7.81. The normalized spacial score (nSPS) is 14.9. The maximum absolute atomic E-state index is 14.1. The van der Waals surface area contributed by atoms with Crippen LogP contribution in [0.15, 0.2) is 48.5 Å². The molecule has 1 atom stereocenters. The minimum Gasteiger partial charge on any atom is -0.497 e. The first-order valence-corrected chi connectivity index (χ1v) is 10.4. The lowest BCUT2D eigenvalue weighted by molar-refractivity contribution is -0.140. The molecule has 0 saturated heterocycles. The van der Waals surface area contributed by atoms with Gasteiger partial charge in [0.05, 0.1) is 13.5 Å². The number of hydrogen-bond acceptors (Lipinski definition) is 3. The molecule has 3 rings (SSSR count). The van der Waals surface area contributed by atoms with Gasteiger partial charge in [0.2, 0.25) is 11.8 Å². The molecule has 0 radical (unpaired) electrons. The highest BCUT2D eigenvalue weighted by Gasteiger charge is 2.29. The second kappa shape index (κ2) is 10.2. The van der Waals surface area contributed by atoms with Crippen LogP contribution in [0.2, 0.25) is 0 Å². The summed E-state index contributed by atoms with van der Waals surface area (Å²) >= 11 is 0. The number of rotatable bonds is 8. The Balaban J connectivity index is 1.79. The first kappa shape index (κ1) is 21.8. The zero-order valence-corrected chi connectivity index (χ0v) is 17.6. The van der Waals surface area contributed by atoms with E-state index in [-0.39, 0.29) is 30.8 Å². The lowest BCUT2D eigenvalue weighted by atomic mass is 10.1. The van der Waals surface area contributed by atoms with Crippen molar-refractivity contribution in [3.63, 3.8) is 0 Å². The standard InChI is InChI=1S/C24H29FN2O3/c1-17(24(29)26-20-10-4-5-11-20)27(16-18-8-7-12-21(14-18)30-2)23(28)15-19-9-3-6-13-22(19)25/h3,6-9,12-14,17,20H,4-5,10-11,15-16H2,1-2H3,(H,26,29)/t17-/m0/s1. The van der Waals surface area contributed by atoms with Crippen LogP contribution in [-0.4, -0.2) is 35.9 Å². The number of carbonyl (C=O) groups is 2. The topological polar surface area (TPSA) is 58.6 Å². The molecule has 160 valence electrons. The van der Waals surface area contributed by atoms with Crippen LogP contribution in [0.5, 0.6) is 5.75 Å². The van der Waals surface area contributed by atoms with E-state index in [1.165, 1.54) is 11.0 Å². The summed E-state index contributed by atoms with van der Waals surface area (Å²) in [5.74, 6) is -0.212. The molecule has 0 bridgehead atoms. The van der Waals surface area contributed by atoms with Crippen molar-refractivity contribution in [2.75, 3.05) is 7.11 Å². The minimum absolute atomic E-state index is 0.0995. The number of hydrogen-bond donors (Lipinski definition) is 1. The van der Waals surface area contributed by atoms with Gasteiger partial charge in [0.1, 0.15) is 17.6 Å². The van der Waals surface area contributed by atoms with Gasteiger partial charge >= 0.3 is 0 Å². The van der Waals surface area contributed by atoms with Crippen LogP contribution in [0, 0.1) is 5.82 Å². The molecule has 2 aromatic rings. The van der Waals surface area contributed by atoms with Gasteiger partial charge in [0.25, 0.3) is 0 Å². The van der Waals surface area contributed by atoms with E-state index in [4.69, 9.17) is 4.74 Å². The van der Waals surface area contributed by atoms with Crippen LogP contribution in [0.1, 0.15) is 43.7 Å². The van der Waals surface area contributed by atoms with E-state index in [0.717, 1.165) is 31.2 Å². The number of nitrogens with one attached hydrogen (secondary N) is 1. The van der Waals surface area contributed by atoms with E-state index < -0.39 is 11.9 Å². The second-order valence-corrected chi connectivity index (χ2v) is 7.81. The summed E-state index contributed by atoms with van der Waals surface area (Å²) in [5.41, 5.74) is 1.17. The maximum Gasteiger partial charge on any atom is 0.242 e. The number of carbonyl (C=O) groups excluding carboxylic acids is 2. The molecule has 5 nitrogen and oxygen atoms in total. The fraction of sp³-hybridized carbons (Fsp3) is 0.417. The predicted octanol–water partition coefficient (Wildman–Crippen LogP) is 3.85. The largest absolute Gasteiger partial charge is 0.497 e. The van der Waals surface area contributed by atoms with Crippen LogP contribution in [-0.2, 0) is 22.6 Å². The van der Waals surface area contributed by atoms with Crippen LogP contribution in [0.25, 0.3) is 0 Å². The molecular weight excluding hydrogens is 383 g/mol. The van der Waals surface area contributed by atoms with Gasteiger partial charge < -0.3 is 15.0 Å². The molecule has 0 aliphatic heterocycles. The first-order chi connectivity index (χ1) is 14.5. The van der Waals surface area contributed by atoms with E-state index in [1.54, 1.807) is 32.2 Å². The Kier molecular flexibility index (Phi) is 7.44. The van der Waals surface area contributed by atoms with E-state index >= 15 is 0 Å². The van der Waals surface area contributed by atoms with Gasteiger partial charge in [-0.3, -0.25) is 9.59 Å². The van der Waals surface area contributed by atoms with Crippen LogP contribution in [0.4, 0.5) is 4.39 Å². The molecular formula is C24H29FN2O3. The third-order valence-electron chi connectivity index (χ3n) is 5.66. The number of methoxy groups -OCH3 is 1. The molecule has 2 aromatic carbocycles. The highest BCUT2D eigenvalue weighted by Crippen LogP contribution is 2.20. The summed E-state index contributed by atoms with van der Waals surface area (Å²) in [6, 6.07) is 13.1. The third-order valence-corrected chi connectivity index (χ3v) is 5.66. The zero-order valence-electron chi connectivity index (χ0n) is 17.6. The van der Waals surface area contributed by atoms with Gasteiger partial charge in [-0.05, 0) is 49.1 Å². The maximum atomic E-state index is 14.1. The van der Waals surface area contributed by atoms with Crippen molar-refractivity contribution in [3.8, 4) is 5.75 Å². The van der Waals surface area contributed by atoms with Crippen molar-refractivity contribution < 1.29 is 18.7 Å². The van der Waals surface area contributed by atoms with E-state index in [9.17, 15) is 14.0 Å². The van der Waals surface area contributed by atoms with E-state index in [1.807, 2.05) is 24.3 Å². The van der Waals surface area contributed by atoms with Crippen molar-refractivity contribution in [1.29, 1.82) is 0 Å². The highest BCUT2D eigenvalue weighted by molar-refractivity contribution is 5.88. The Bertz CT molecular complexity index is 880. The molecule has 1 aliphatic carbocycles. The molecule has 1 fully saturated rings. The lowest BCUT2D eigenvalue weighted by Crippen LogP contribution is -2.50. The van der Waals surface area contributed by atoms with Crippen LogP contribution >= 0.6 is 0 Å². The monoisotopic (exact) mass is 412 g/mol. The number of halogens is 1. The highest BCUT2D eigenvalue weighted by atomic mass is 19.1. The SMILES string of the molecule is COc1cccc(CN(C(=O)Cc2ccccc2F)[C@@H](C)C(=O)NC2CCCC2)c1. The van der Waals surface area contributed by atoms with E-state index in [0.29, 0.717) is 11.3 Å². The molecule has 1 saturated carbocycles. The van der Waals surface area contributed by atoms with Gasteiger partial charge in [-0.15, -0.1) is 0 Å². The number of amides is 2. The molecule has 6 heteroatoms. The summed E-state index contributed by atoms with van der Waals surface area (Å²) in [7, 11) is 1.58. The van der Waals surface area contributed by atoms with Crippen molar-refractivity contribution in [2.45, 2.75) is 57.7 Å². The molecule has 0 spiro atoms. The van der Waals surface area contributed by atoms with Gasteiger partial charge in [-0.2, -0.15) is 0 Å². The van der Waals surface area contributed by atoms with Crippen molar-refractivity contribution >= 4 is 11.8 Å². The molecule has 0 aromatic heterocycles. The summed E-state index contributed by atoms with van der Waals surface area (Å²) in [6.07, 6.45) is 4.06. The van der Waals surface area contributed by atoms with Crippen LogP contribution in [0.3, 0.4) is 0 Å². The molecule has 1 aliphatic rings. The zero-order chi connectivity index (χ0) is 21.5. The predicted molar refractivity (Wildman–Crippen MR) is 114 cm³/mol. The Labute approximate surface area is 177 Å². The fourth-order valence-electron chi connectivity index (χ4n) is 3.85. The molecule has 1 N–H and O–H groups in total. The van der Waals surface area contributed by atoms with Crippen molar-refractivity contribution in [2.24, 2.45) is 0 Å². The lowest BCUT2D eigenvalue weighted by Gasteiger charge is -2.30. The quantitative estimate of drug-likeness (QED) is 0.716. The summed E-state index contributed by atoms with van der Waals surface area (Å²) < 4.78 is 19.4. The smallest absolute Gasteiger partial charge is 0.242 e. The Morgan fingerprint density at radius 1 is 1.17 bits per heavy atom. The van der Waals surface area contributed by atoms with Gasteiger partial charge in [0, 0.05) is 12.6 Å². The van der Waals surface area contributed by atoms with Crippen LogP contribution < -0.4 is 10.1 Å². The average Bonchev–Trinajstić information content (AvgIpc) is 3.26. The average molecular weight is 413 g/mol. The Morgan fingerprint density at radius 2 is 1.90 bits per heavy atom. The molecule has 0 heterocycles. The molecule has 30 heavy (non-hydrogen) atoms. The minimum atomic E-state index is -0.670. The van der Waals surface area contributed by atoms with Gasteiger partial charge in [-0.1, -0.05) is 43.2 Å². The van der Waals surface area contributed by atoms with Crippen molar-refractivity contribution in [3.05, 3.63) is 65.5 Å². The Morgan fingerprint density at radius 3 is 2.60 bits per heavy atom. The number of benzene rings is 2. The van der Waals surface area contributed by atoms with E-state index in [2.05, 4.69) is 5.32 Å². The fourth-order valence-corrected chi connectivity index (χ4v) is 3.85. The van der Waals surface area contributed by atoms with Gasteiger partial charge in [0.15, 0.2) is 0 Å². The first-order valence-electron chi connectivity index (χ1n) is 10.4. The summed E-state index contributed by atoms with van der Waals surface area (Å²) in [4.78, 5) is 27.5.